The van der Waals surface area contributed by atoms with E-state index in [4.69, 9.17) is 4.74 Å². The van der Waals surface area contributed by atoms with Crippen LogP contribution >= 0.6 is 0 Å². The number of benzene rings is 1. The third-order valence-electron chi connectivity index (χ3n) is 3.33. The SMILES string of the molecule is CC1Cc2cc(C3=CCNCC3)ccc2O1. The van der Waals surface area contributed by atoms with Crippen molar-refractivity contribution in [1.82, 2.24) is 5.32 Å². The number of nitrogens with one attached hydrogen (secondary N) is 1. The second-order valence-corrected chi connectivity index (χ2v) is 4.64. The quantitative estimate of drug-likeness (QED) is 0.776. The monoisotopic (exact) mass is 215 g/mol. The van der Waals surface area contributed by atoms with Crippen LogP contribution < -0.4 is 10.1 Å². The summed E-state index contributed by atoms with van der Waals surface area (Å²) in [6, 6.07) is 6.61. The van der Waals surface area contributed by atoms with Gasteiger partial charge in [-0.3, -0.25) is 0 Å². The van der Waals surface area contributed by atoms with E-state index in [1.165, 1.54) is 16.7 Å². The molecule has 84 valence electrons. The van der Waals surface area contributed by atoms with Gasteiger partial charge in [-0.2, -0.15) is 0 Å². The smallest absolute Gasteiger partial charge is 0.123 e. The van der Waals surface area contributed by atoms with Crippen LogP contribution in [0.5, 0.6) is 5.75 Å². The highest BCUT2D eigenvalue weighted by Crippen LogP contribution is 2.32. The van der Waals surface area contributed by atoms with Gasteiger partial charge >= 0.3 is 0 Å². The molecule has 1 unspecified atom stereocenters. The van der Waals surface area contributed by atoms with Crippen molar-refractivity contribution >= 4 is 5.57 Å². The van der Waals surface area contributed by atoms with Crippen molar-refractivity contribution in [3.05, 3.63) is 35.4 Å². The van der Waals surface area contributed by atoms with E-state index in [1.807, 2.05) is 0 Å². The van der Waals surface area contributed by atoms with Crippen molar-refractivity contribution in [3.63, 3.8) is 0 Å². The normalized spacial score (nSPS) is 23.6. The van der Waals surface area contributed by atoms with Crippen molar-refractivity contribution in [2.24, 2.45) is 0 Å². The third-order valence-corrected chi connectivity index (χ3v) is 3.33. The van der Waals surface area contributed by atoms with Gasteiger partial charge in [0.05, 0.1) is 0 Å². The molecule has 0 spiro atoms. The van der Waals surface area contributed by atoms with E-state index >= 15 is 0 Å². The van der Waals surface area contributed by atoms with Crippen LogP contribution in [-0.4, -0.2) is 19.2 Å². The van der Waals surface area contributed by atoms with E-state index in [0.29, 0.717) is 6.10 Å². The summed E-state index contributed by atoms with van der Waals surface area (Å²) in [7, 11) is 0. The third kappa shape index (κ3) is 1.74. The fourth-order valence-corrected chi connectivity index (χ4v) is 2.51. The molecule has 1 atom stereocenters. The average molecular weight is 215 g/mol. The Balaban J connectivity index is 1.92. The molecular formula is C14H17NO. The minimum atomic E-state index is 0.340. The Bertz CT molecular complexity index is 436. The molecule has 2 heterocycles. The first kappa shape index (κ1) is 9.91. The zero-order chi connectivity index (χ0) is 11.0. The Hall–Kier alpha value is -1.28. The lowest BCUT2D eigenvalue weighted by molar-refractivity contribution is 0.254. The summed E-state index contributed by atoms with van der Waals surface area (Å²) < 4.78 is 5.72. The maximum atomic E-state index is 5.72. The molecule has 0 aromatic heterocycles. The van der Waals surface area contributed by atoms with Gasteiger partial charge < -0.3 is 10.1 Å². The molecule has 0 bridgehead atoms. The maximum Gasteiger partial charge on any atom is 0.123 e. The number of fused-ring (bicyclic) bond motifs is 1. The van der Waals surface area contributed by atoms with Crippen LogP contribution in [-0.2, 0) is 6.42 Å². The molecule has 0 saturated carbocycles. The van der Waals surface area contributed by atoms with Crippen LogP contribution in [0.2, 0.25) is 0 Å². The second kappa shape index (κ2) is 3.95. The highest BCUT2D eigenvalue weighted by atomic mass is 16.5. The van der Waals surface area contributed by atoms with Gasteiger partial charge in [0.15, 0.2) is 0 Å². The number of ether oxygens (including phenoxy) is 1. The molecule has 0 fully saturated rings. The number of hydrogen-bond donors (Lipinski definition) is 1. The average Bonchev–Trinajstić information content (AvgIpc) is 2.69. The van der Waals surface area contributed by atoms with Gasteiger partial charge in [-0.05, 0) is 48.7 Å². The first-order valence-electron chi connectivity index (χ1n) is 6.02. The van der Waals surface area contributed by atoms with Gasteiger partial charge in [-0.25, -0.2) is 0 Å². The molecule has 0 radical (unpaired) electrons. The predicted octanol–water partition coefficient (Wildman–Crippen LogP) is 2.39. The van der Waals surface area contributed by atoms with Crippen LogP contribution in [0.4, 0.5) is 0 Å². The van der Waals surface area contributed by atoms with Crippen LogP contribution in [0.1, 0.15) is 24.5 Å². The topological polar surface area (TPSA) is 21.3 Å². The van der Waals surface area contributed by atoms with Gasteiger partial charge in [-0.1, -0.05) is 12.1 Å². The molecule has 3 rings (SSSR count). The highest BCUT2D eigenvalue weighted by molar-refractivity contribution is 5.68. The summed E-state index contributed by atoms with van der Waals surface area (Å²) in [5, 5.41) is 3.34. The zero-order valence-corrected chi connectivity index (χ0v) is 9.62. The predicted molar refractivity (Wildman–Crippen MR) is 65.7 cm³/mol. The lowest BCUT2D eigenvalue weighted by Gasteiger charge is -2.14. The van der Waals surface area contributed by atoms with Crippen molar-refractivity contribution in [2.45, 2.75) is 25.9 Å². The second-order valence-electron chi connectivity index (χ2n) is 4.64. The Morgan fingerprint density at radius 3 is 3.12 bits per heavy atom. The minimum absolute atomic E-state index is 0.340. The van der Waals surface area contributed by atoms with Crippen molar-refractivity contribution in [1.29, 1.82) is 0 Å². The minimum Gasteiger partial charge on any atom is -0.490 e. The molecule has 2 aliphatic rings. The first-order valence-corrected chi connectivity index (χ1v) is 6.02. The van der Waals surface area contributed by atoms with Gasteiger partial charge in [0.25, 0.3) is 0 Å². The molecule has 2 nitrogen and oxygen atoms in total. The Morgan fingerprint density at radius 2 is 2.31 bits per heavy atom. The summed E-state index contributed by atoms with van der Waals surface area (Å²) in [5.74, 6) is 1.07. The molecule has 1 aromatic carbocycles. The molecule has 2 heteroatoms. The highest BCUT2D eigenvalue weighted by Gasteiger charge is 2.19. The van der Waals surface area contributed by atoms with Crippen molar-refractivity contribution < 1.29 is 4.74 Å². The van der Waals surface area contributed by atoms with E-state index in [2.05, 4.69) is 36.5 Å². The van der Waals surface area contributed by atoms with E-state index in [0.717, 1.165) is 31.7 Å². The van der Waals surface area contributed by atoms with Gasteiger partial charge in [0.1, 0.15) is 11.9 Å². The maximum absolute atomic E-state index is 5.72. The lowest BCUT2D eigenvalue weighted by Crippen LogP contribution is -2.20. The molecule has 2 aliphatic heterocycles. The zero-order valence-electron chi connectivity index (χ0n) is 9.62. The Kier molecular flexibility index (Phi) is 2.44. The summed E-state index contributed by atoms with van der Waals surface area (Å²) >= 11 is 0. The molecule has 1 aromatic rings. The van der Waals surface area contributed by atoms with E-state index < -0.39 is 0 Å². The largest absolute Gasteiger partial charge is 0.490 e. The van der Waals surface area contributed by atoms with Gasteiger partial charge in [0.2, 0.25) is 0 Å². The van der Waals surface area contributed by atoms with E-state index in [9.17, 15) is 0 Å². The standard InChI is InChI=1S/C14H17NO/c1-10-8-13-9-12(2-3-14(13)16-10)11-4-6-15-7-5-11/h2-4,9-10,15H,5-8H2,1H3. The van der Waals surface area contributed by atoms with Crippen molar-refractivity contribution in [2.75, 3.05) is 13.1 Å². The first-order chi connectivity index (χ1) is 7.83. The molecule has 1 N–H and O–H groups in total. The van der Waals surface area contributed by atoms with Gasteiger partial charge in [0, 0.05) is 13.0 Å². The fraction of sp³-hybridized carbons (Fsp3) is 0.429. The summed E-state index contributed by atoms with van der Waals surface area (Å²) in [4.78, 5) is 0. The molecular weight excluding hydrogens is 198 g/mol. The van der Waals surface area contributed by atoms with Crippen LogP contribution in [0.25, 0.3) is 5.57 Å². The Morgan fingerprint density at radius 1 is 1.38 bits per heavy atom. The molecule has 0 saturated heterocycles. The number of hydrogen-bond acceptors (Lipinski definition) is 2. The summed E-state index contributed by atoms with van der Waals surface area (Å²) in [5.41, 5.74) is 4.21. The van der Waals surface area contributed by atoms with Gasteiger partial charge in [-0.15, -0.1) is 0 Å². The van der Waals surface area contributed by atoms with Crippen LogP contribution in [0, 0.1) is 0 Å². The van der Waals surface area contributed by atoms with Crippen molar-refractivity contribution in [3.8, 4) is 5.75 Å². The van der Waals surface area contributed by atoms with Crippen LogP contribution in [0.3, 0.4) is 0 Å². The molecule has 0 aliphatic carbocycles. The number of rotatable bonds is 1. The fourth-order valence-electron chi connectivity index (χ4n) is 2.51. The Labute approximate surface area is 96.3 Å². The van der Waals surface area contributed by atoms with E-state index in [1.54, 1.807) is 0 Å². The summed E-state index contributed by atoms with van der Waals surface area (Å²) in [6.45, 7) is 4.22. The summed E-state index contributed by atoms with van der Waals surface area (Å²) in [6.07, 6.45) is 4.82. The lowest BCUT2D eigenvalue weighted by atomic mass is 9.97. The van der Waals surface area contributed by atoms with Crippen LogP contribution in [0.15, 0.2) is 24.3 Å². The van der Waals surface area contributed by atoms with E-state index in [-0.39, 0.29) is 0 Å². The molecule has 16 heavy (non-hydrogen) atoms. The molecule has 0 amide bonds.